The molecule has 9 nitrogen and oxygen atoms in total. The number of rotatable bonds is 6. The summed E-state index contributed by atoms with van der Waals surface area (Å²) in [4.78, 5) is 48.5. The predicted octanol–water partition coefficient (Wildman–Crippen LogP) is 1.14. The molecule has 198 valence electrons. The van der Waals surface area contributed by atoms with E-state index in [2.05, 4.69) is 0 Å². The fourth-order valence-corrected chi connectivity index (χ4v) is 8.00. The van der Waals surface area contributed by atoms with Gasteiger partial charge < -0.3 is 25.5 Å². The minimum absolute atomic E-state index is 0.131. The summed E-state index contributed by atoms with van der Waals surface area (Å²) in [5.74, 6) is -7.21. The quantitative estimate of drug-likeness (QED) is 0.350. The van der Waals surface area contributed by atoms with E-state index in [1.54, 1.807) is 0 Å². The van der Waals surface area contributed by atoms with Crippen LogP contribution < -0.4 is 0 Å². The van der Waals surface area contributed by atoms with Crippen LogP contribution in [0.15, 0.2) is 23.8 Å². The minimum Gasteiger partial charge on any atom is -0.481 e. The number of aliphatic carboxylic acids is 2. The Morgan fingerprint density at radius 1 is 1.14 bits per heavy atom. The minimum atomic E-state index is -2.56. The van der Waals surface area contributed by atoms with E-state index in [0.29, 0.717) is 0 Å². The van der Waals surface area contributed by atoms with Crippen molar-refractivity contribution in [3.8, 4) is 0 Å². The molecule has 36 heavy (non-hydrogen) atoms. The van der Waals surface area contributed by atoms with Crippen LogP contribution in [0, 0.1) is 28.1 Å². The van der Waals surface area contributed by atoms with E-state index in [-0.39, 0.29) is 5.57 Å². The molecule has 4 rings (SSSR count). The molecule has 3 saturated carbocycles. The lowest BCUT2D eigenvalue weighted by atomic mass is 9.42. The van der Waals surface area contributed by atoms with E-state index in [1.807, 2.05) is 0 Å². The molecule has 3 fully saturated rings. The Balaban J connectivity index is 1.87. The monoisotopic (exact) mass is 512 g/mol. The number of halogens is 2. The smallest absolute Gasteiger partial charge is 0.306 e. The number of carbonyl (C=O) groups is 4. The number of hydrogen-bond donors (Lipinski definition) is 5. The Bertz CT molecular complexity index is 1090. The second kappa shape index (κ2) is 8.26. The van der Waals surface area contributed by atoms with Crippen LogP contribution in [-0.4, -0.2) is 79.2 Å². The van der Waals surface area contributed by atoms with Crippen molar-refractivity contribution >= 4 is 23.5 Å². The Kier molecular flexibility index (Phi) is 6.09. The standard InChI is InChI=1S/C25H30F2O9/c1-22-4-3-11(28)5-12(22)14(26)6-13-20-16(30)8-24(10-19(34)35,21(36)15(29)7-18(32)33)23(20,2)9-17(31)25(13,22)27/h3-5,13-17,20,29-31H,6-10H2,1-2H3,(H,32,33)(H,34,35)/t13-,14+,15?,16?,17-,20+,22-,23-,24?,25?/m0/s1. The summed E-state index contributed by atoms with van der Waals surface area (Å²) in [6.07, 6.45) is -7.42. The summed E-state index contributed by atoms with van der Waals surface area (Å²) < 4.78 is 32.7. The first-order valence-corrected chi connectivity index (χ1v) is 11.9. The molecule has 0 heterocycles. The number of carboxylic acids is 2. The molecule has 4 aliphatic rings. The SMILES string of the molecule is C[C@]12C=CC(=O)C=C1[C@H](F)C[C@H]1[C@@H]3C(O)CC(CC(=O)O)(C(=O)C(O)CC(=O)O)[C@@]3(C)C[C@H](O)C12F. The van der Waals surface area contributed by atoms with Crippen molar-refractivity contribution in [3.63, 3.8) is 0 Å². The van der Waals surface area contributed by atoms with Crippen LogP contribution >= 0.6 is 0 Å². The van der Waals surface area contributed by atoms with Gasteiger partial charge in [0, 0.05) is 11.3 Å². The maximum absolute atomic E-state index is 17.2. The predicted molar refractivity (Wildman–Crippen MR) is 118 cm³/mol. The Labute approximate surface area is 205 Å². The normalized spacial score (nSPS) is 46.2. The van der Waals surface area contributed by atoms with Crippen molar-refractivity contribution in [2.45, 2.75) is 76.1 Å². The maximum atomic E-state index is 17.2. The summed E-state index contributed by atoms with van der Waals surface area (Å²) in [6.45, 7) is 2.77. The molecule has 4 unspecified atom stereocenters. The number of carboxylic acid groups (broad SMARTS) is 2. The lowest BCUT2D eigenvalue weighted by molar-refractivity contribution is -0.221. The van der Waals surface area contributed by atoms with Gasteiger partial charge in [0.15, 0.2) is 17.2 Å². The van der Waals surface area contributed by atoms with E-state index < -0.39 is 114 Å². The molecule has 0 spiro atoms. The Morgan fingerprint density at radius 2 is 1.78 bits per heavy atom. The number of aliphatic hydroxyl groups excluding tert-OH is 3. The molecule has 5 N–H and O–H groups in total. The second-order valence-corrected chi connectivity index (χ2v) is 11.2. The molecule has 0 radical (unpaired) electrons. The highest BCUT2D eigenvalue weighted by atomic mass is 19.1. The summed E-state index contributed by atoms with van der Waals surface area (Å²) in [6, 6.07) is 0. The topological polar surface area (TPSA) is 169 Å². The molecule has 0 saturated heterocycles. The third-order valence-corrected chi connectivity index (χ3v) is 9.54. The molecule has 0 amide bonds. The van der Waals surface area contributed by atoms with Crippen LogP contribution in [0.5, 0.6) is 0 Å². The Hall–Kier alpha value is -2.50. The summed E-state index contributed by atoms with van der Waals surface area (Å²) >= 11 is 0. The molecular weight excluding hydrogens is 482 g/mol. The van der Waals surface area contributed by atoms with E-state index in [0.717, 1.165) is 12.2 Å². The number of fused-ring (bicyclic) bond motifs is 5. The summed E-state index contributed by atoms with van der Waals surface area (Å²) in [7, 11) is 0. The van der Waals surface area contributed by atoms with Gasteiger partial charge in [-0.15, -0.1) is 0 Å². The molecule has 0 aliphatic heterocycles. The van der Waals surface area contributed by atoms with Gasteiger partial charge in [-0.1, -0.05) is 13.0 Å². The average molecular weight is 513 g/mol. The van der Waals surface area contributed by atoms with Gasteiger partial charge in [0.2, 0.25) is 0 Å². The van der Waals surface area contributed by atoms with Gasteiger partial charge in [-0.3, -0.25) is 19.2 Å². The Morgan fingerprint density at radius 3 is 2.36 bits per heavy atom. The first-order chi connectivity index (χ1) is 16.5. The number of ketones is 2. The number of allylic oxidation sites excluding steroid dienone is 4. The number of Topliss-reactive ketones (excluding diaryl/α,β-unsaturated/α-hetero) is 1. The van der Waals surface area contributed by atoms with Gasteiger partial charge in [0.25, 0.3) is 0 Å². The van der Waals surface area contributed by atoms with Crippen molar-refractivity contribution in [2.75, 3.05) is 0 Å². The average Bonchev–Trinajstić information content (AvgIpc) is 2.97. The zero-order valence-corrected chi connectivity index (χ0v) is 19.9. The third-order valence-electron chi connectivity index (χ3n) is 9.54. The van der Waals surface area contributed by atoms with Gasteiger partial charge in [-0.25, -0.2) is 8.78 Å². The van der Waals surface area contributed by atoms with Crippen LogP contribution in [0.25, 0.3) is 0 Å². The first kappa shape index (κ1) is 26.6. The summed E-state index contributed by atoms with van der Waals surface area (Å²) in [5.41, 5.74) is -8.09. The van der Waals surface area contributed by atoms with Crippen molar-refractivity contribution in [2.24, 2.45) is 28.1 Å². The van der Waals surface area contributed by atoms with Crippen LogP contribution in [0.2, 0.25) is 0 Å². The molecule has 0 bridgehead atoms. The molecule has 0 aromatic rings. The molecule has 0 aromatic heterocycles. The highest BCUT2D eigenvalue weighted by molar-refractivity contribution is 6.01. The number of hydrogen-bond acceptors (Lipinski definition) is 7. The zero-order chi connectivity index (χ0) is 27.0. The molecular formula is C25H30F2O9. The maximum Gasteiger partial charge on any atom is 0.306 e. The van der Waals surface area contributed by atoms with E-state index >= 15 is 8.78 Å². The van der Waals surface area contributed by atoms with E-state index in [9.17, 15) is 39.6 Å². The zero-order valence-electron chi connectivity index (χ0n) is 19.9. The van der Waals surface area contributed by atoms with Gasteiger partial charge in [-0.2, -0.15) is 0 Å². The number of carbonyl (C=O) groups excluding carboxylic acids is 2. The fourth-order valence-electron chi connectivity index (χ4n) is 8.00. The van der Waals surface area contributed by atoms with Gasteiger partial charge in [-0.05, 0) is 55.2 Å². The van der Waals surface area contributed by atoms with Crippen LogP contribution in [0.1, 0.15) is 46.0 Å². The molecule has 11 heteroatoms. The largest absolute Gasteiger partial charge is 0.481 e. The lowest BCUT2D eigenvalue weighted by Gasteiger charge is -2.63. The molecule has 10 atom stereocenters. The van der Waals surface area contributed by atoms with Crippen molar-refractivity contribution in [1.82, 2.24) is 0 Å². The number of aliphatic hydroxyl groups is 3. The van der Waals surface area contributed by atoms with Crippen LogP contribution in [-0.2, 0) is 19.2 Å². The van der Waals surface area contributed by atoms with Crippen LogP contribution in [0.4, 0.5) is 8.78 Å². The van der Waals surface area contributed by atoms with Crippen molar-refractivity contribution in [1.29, 1.82) is 0 Å². The fraction of sp³-hybridized carbons (Fsp3) is 0.680. The van der Waals surface area contributed by atoms with E-state index in [4.69, 9.17) is 5.11 Å². The second-order valence-electron chi connectivity index (χ2n) is 11.2. The summed E-state index contributed by atoms with van der Waals surface area (Å²) in [5, 5.41) is 51.6. The van der Waals surface area contributed by atoms with Gasteiger partial charge in [0.1, 0.15) is 12.3 Å². The highest BCUT2D eigenvalue weighted by Crippen LogP contribution is 2.72. The van der Waals surface area contributed by atoms with Gasteiger partial charge >= 0.3 is 11.9 Å². The molecule has 4 aliphatic carbocycles. The molecule has 0 aromatic carbocycles. The third kappa shape index (κ3) is 3.28. The van der Waals surface area contributed by atoms with Crippen molar-refractivity contribution in [3.05, 3.63) is 23.8 Å². The lowest BCUT2D eigenvalue weighted by Crippen LogP contribution is -2.70. The first-order valence-electron chi connectivity index (χ1n) is 11.9. The van der Waals surface area contributed by atoms with E-state index in [1.165, 1.54) is 19.9 Å². The van der Waals surface area contributed by atoms with Crippen LogP contribution in [0.3, 0.4) is 0 Å². The highest BCUT2D eigenvalue weighted by Gasteiger charge is 2.77. The number of alkyl halides is 2. The van der Waals surface area contributed by atoms with Crippen molar-refractivity contribution < 1.29 is 53.5 Å². The van der Waals surface area contributed by atoms with Gasteiger partial charge in [0.05, 0.1) is 30.5 Å².